The second-order valence-electron chi connectivity index (χ2n) is 6.16. The molecule has 0 amide bonds. The summed E-state index contributed by atoms with van der Waals surface area (Å²) >= 11 is 0. The Kier molecular flexibility index (Phi) is 4.78. The highest BCUT2D eigenvalue weighted by Crippen LogP contribution is 2.21. The number of rotatable bonds is 6. The summed E-state index contributed by atoms with van der Waals surface area (Å²) in [7, 11) is 0. The molecule has 0 saturated heterocycles. The minimum absolute atomic E-state index is 0.449. The van der Waals surface area contributed by atoms with E-state index in [1.54, 1.807) is 10.9 Å². The van der Waals surface area contributed by atoms with Gasteiger partial charge in [-0.3, -0.25) is 0 Å². The predicted molar refractivity (Wildman–Crippen MR) is 104 cm³/mol. The van der Waals surface area contributed by atoms with Crippen molar-refractivity contribution in [2.75, 3.05) is 5.73 Å². The van der Waals surface area contributed by atoms with Gasteiger partial charge in [0.2, 0.25) is 0 Å². The average molecular weight is 357 g/mol. The van der Waals surface area contributed by atoms with Crippen molar-refractivity contribution in [3.05, 3.63) is 90.3 Å². The fourth-order valence-electron chi connectivity index (χ4n) is 2.75. The maximum absolute atomic E-state index is 5.90. The molecule has 0 fully saturated rings. The first-order chi connectivity index (χ1) is 13.3. The Morgan fingerprint density at radius 3 is 2.48 bits per heavy atom. The van der Waals surface area contributed by atoms with Crippen LogP contribution in [0.1, 0.15) is 11.1 Å². The number of nitrogens with two attached hydrogens (primary N) is 1. The molecule has 0 spiro atoms. The standard InChI is InChI=1S/C21H19N5O/c22-21-19(7-4-12-23-21)20-14-26(25-24-20)13-16-8-10-18(11-9-16)27-15-17-5-2-1-3-6-17/h1-12,14H,13,15H2,(H2,22,23). The Morgan fingerprint density at radius 1 is 0.889 bits per heavy atom. The first-order valence-electron chi connectivity index (χ1n) is 8.64. The summed E-state index contributed by atoms with van der Waals surface area (Å²) < 4.78 is 7.60. The zero-order valence-corrected chi connectivity index (χ0v) is 14.7. The van der Waals surface area contributed by atoms with Crippen LogP contribution in [0.15, 0.2) is 79.1 Å². The van der Waals surface area contributed by atoms with E-state index in [2.05, 4.69) is 15.3 Å². The van der Waals surface area contributed by atoms with Crippen molar-refractivity contribution in [2.45, 2.75) is 13.2 Å². The van der Waals surface area contributed by atoms with E-state index in [0.717, 1.165) is 22.4 Å². The minimum atomic E-state index is 0.449. The van der Waals surface area contributed by atoms with Crippen molar-refractivity contribution in [3.63, 3.8) is 0 Å². The number of ether oxygens (including phenoxy) is 1. The summed E-state index contributed by atoms with van der Waals surface area (Å²) in [4.78, 5) is 4.08. The Labute approximate surface area is 157 Å². The maximum Gasteiger partial charge on any atom is 0.132 e. The smallest absolute Gasteiger partial charge is 0.132 e. The van der Waals surface area contributed by atoms with Crippen molar-refractivity contribution in [3.8, 4) is 17.0 Å². The van der Waals surface area contributed by atoms with Crippen LogP contribution < -0.4 is 10.5 Å². The van der Waals surface area contributed by atoms with E-state index >= 15 is 0 Å². The number of hydrogen-bond acceptors (Lipinski definition) is 5. The van der Waals surface area contributed by atoms with Gasteiger partial charge in [0.15, 0.2) is 0 Å². The molecule has 0 aliphatic rings. The molecule has 2 aromatic heterocycles. The molecule has 4 aromatic rings. The number of nitrogens with zero attached hydrogens (tertiary/aromatic N) is 4. The van der Waals surface area contributed by atoms with Gasteiger partial charge >= 0.3 is 0 Å². The molecule has 6 nitrogen and oxygen atoms in total. The Morgan fingerprint density at radius 2 is 1.70 bits per heavy atom. The predicted octanol–water partition coefficient (Wildman–Crippen LogP) is 3.55. The van der Waals surface area contributed by atoms with Gasteiger partial charge in [0.1, 0.15) is 23.9 Å². The lowest BCUT2D eigenvalue weighted by molar-refractivity contribution is 0.306. The third-order valence-electron chi connectivity index (χ3n) is 4.17. The van der Waals surface area contributed by atoms with Crippen LogP contribution in [0.5, 0.6) is 5.75 Å². The van der Waals surface area contributed by atoms with Crippen molar-refractivity contribution >= 4 is 5.82 Å². The molecule has 6 heteroatoms. The van der Waals surface area contributed by atoms with Gasteiger partial charge in [0.25, 0.3) is 0 Å². The van der Waals surface area contributed by atoms with Gasteiger partial charge in [-0.15, -0.1) is 5.10 Å². The minimum Gasteiger partial charge on any atom is -0.489 e. The molecule has 0 saturated carbocycles. The maximum atomic E-state index is 5.90. The zero-order chi connectivity index (χ0) is 18.5. The van der Waals surface area contributed by atoms with Crippen LogP contribution in [0, 0.1) is 0 Å². The first kappa shape index (κ1) is 16.8. The lowest BCUT2D eigenvalue weighted by Crippen LogP contribution is -2.00. The van der Waals surface area contributed by atoms with Gasteiger partial charge < -0.3 is 10.5 Å². The molecule has 0 unspecified atom stereocenters. The number of hydrogen-bond donors (Lipinski definition) is 1. The van der Waals surface area contributed by atoms with Crippen molar-refractivity contribution in [1.29, 1.82) is 0 Å². The Hall–Kier alpha value is -3.67. The molecule has 27 heavy (non-hydrogen) atoms. The van der Waals surface area contributed by atoms with Crippen LogP contribution in [0.3, 0.4) is 0 Å². The highest BCUT2D eigenvalue weighted by molar-refractivity contribution is 5.69. The number of benzene rings is 2. The van der Waals surface area contributed by atoms with Crippen LogP contribution in [0.25, 0.3) is 11.3 Å². The van der Waals surface area contributed by atoms with E-state index < -0.39 is 0 Å². The van der Waals surface area contributed by atoms with Gasteiger partial charge in [-0.05, 0) is 35.4 Å². The normalized spacial score (nSPS) is 10.7. The molecule has 134 valence electrons. The highest BCUT2D eigenvalue weighted by Gasteiger charge is 2.08. The summed E-state index contributed by atoms with van der Waals surface area (Å²) in [5, 5.41) is 8.37. The van der Waals surface area contributed by atoms with Crippen molar-refractivity contribution < 1.29 is 4.74 Å². The van der Waals surface area contributed by atoms with E-state index in [0.29, 0.717) is 24.7 Å². The molecule has 0 radical (unpaired) electrons. The topological polar surface area (TPSA) is 78.8 Å². The highest BCUT2D eigenvalue weighted by atomic mass is 16.5. The third kappa shape index (κ3) is 4.12. The number of nitrogen functional groups attached to an aromatic ring is 1. The van der Waals surface area contributed by atoms with Crippen molar-refractivity contribution in [2.24, 2.45) is 0 Å². The van der Waals surface area contributed by atoms with Crippen LogP contribution in [-0.2, 0) is 13.2 Å². The first-order valence-corrected chi connectivity index (χ1v) is 8.64. The Balaban J connectivity index is 1.39. The second kappa shape index (κ2) is 7.70. The Bertz CT molecular complexity index is 1010. The molecular formula is C21H19N5O. The SMILES string of the molecule is Nc1ncccc1-c1cn(Cc2ccc(OCc3ccccc3)cc2)nn1. The van der Waals surface area contributed by atoms with Gasteiger partial charge in [0, 0.05) is 11.8 Å². The van der Waals surface area contributed by atoms with Gasteiger partial charge in [-0.1, -0.05) is 47.7 Å². The summed E-state index contributed by atoms with van der Waals surface area (Å²) in [6.45, 7) is 1.17. The fraction of sp³-hybridized carbons (Fsp3) is 0.0952. The number of pyridine rings is 1. The van der Waals surface area contributed by atoms with Crippen LogP contribution >= 0.6 is 0 Å². The average Bonchev–Trinajstić information content (AvgIpc) is 3.17. The van der Waals surface area contributed by atoms with E-state index in [1.165, 1.54) is 0 Å². The van der Waals surface area contributed by atoms with Gasteiger partial charge in [0.05, 0.1) is 12.7 Å². The quantitative estimate of drug-likeness (QED) is 0.571. The lowest BCUT2D eigenvalue weighted by Gasteiger charge is -2.07. The van der Waals surface area contributed by atoms with Crippen LogP contribution in [0.2, 0.25) is 0 Å². The molecule has 0 atom stereocenters. The lowest BCUT2D eigenvalue weighted by atomic mass is 10.2. The monoisotopic (exact) mass is 357 g/mol. The van der Waals surface area contributed by atoms with E-state index in [9.17, 15) is 0 Å². The molecule has 0 aliphatic heterocycles. The molecule has 0 aliphatic carbocycles. The number of anilines is 1. The summed E-state index contributed by atoms with van der Waals surface area (Å²) in [6, 6.07) is 21.8. The largest absolute Gasteiger partial charge is 0.489 e. The fourth-order valence-corrected chi connectivity index (χ4v) is 2.75. The third-order valence-corrected chi connectivity index (χ3v) is 4.17. The molecule has 0 bridgehead atoms. The summed E-state index contributed by atoms with van der Waals surface area (Å²) in [5.74, 6) is 1.29. The van der Waals surface area contributed by atoms with E-state index in [-0.39, 0.29) is 0 Å². The van der Waals surface area contributed by atoms with Crippen LogP contribution in [-0.4, -0.2) is 20.0 Å². The zero-order valence-electron chi connectivity index (χ0n) is 14.7. The van der Waals surface area contributed by atoms with E-state index in [1.807, 2.05) is 72.9 Å². The van der Waals surface area contributed by atoms with E-state index in [4.69, 9.17) is 10.5 Å². The second-order valence-corrected chi connectivity index (χ2v) is 6.16. The summed E-state index contributed by atoms with van der Waals surface area (Å²) in [5.41, 5.74) is 9.65. The number of aromatic nitrogens is 4. The molecule has 2 aromatic carbocycles. The van der Waals surface area contributed by atoms with Gasteiger partial charge in [-0.2, -0.15) is 0 Å². The molecular weight excluding hydrogens is 338 g/mol. The molecule has 4 rings (SSSR count). The summed E-state index contributed by atoms with van der Waals surface area (Å²) in [6.07, 6.45) is 3.53. The molecule has 2 heterocycles. The van der Waals surface area contributed by atoms with Crippen molar-refractivity contribution in [1.82, 2.24) is 20.0 Å². The van der Waals surface area contributed by atoms with Crippen LogP contribution in [0.4, 0.5) is 5.82 Å². The molecule has 2 N–H and O–H groups in total. The van der Waals surface area contributed by atoms with Gasteiger partial charge in [-0.25, -0.2) is 9.67 Å².